The van der Waals surface area contributed by atoms with E-state index < -0.39 is 11.9 Å². The van der Waals surface area contributed by atoms with Crippen LogP contribution in [-0.2, 0) is 7.05 Å². The molecule has 1 aromatic carbocycles. The molecule has 102 valence electrons. The summed E-state index contributed by atoms with van der Waals surface area (Å²) < 4.78 is 21.5. The predicted molar refractivity (Wildman–Crippen MR) is 73.0 cm³/mol. The average molecular weight is 329 g/mol. The van der Waals surface area contributed by atoms with Gasteiger partial charge in [-0.1, -0.05) is 6.07 Å². The molecule has 3 N–H and O–H groups in total. The van der Waals surface area contributed by atoms with Gasteiger partial charge in [0, 0.05) is 18.7 Å². The first-order valence-corrected chi connectivity index (χ1v) is 6.34. The van der Waals surface area contributed by atoms with Gasteiger partial charge in [0.2, 0.25) is 0 Å². The van der Waals surface area contributed by atoms with Gasteiger partial charge in [-0.3, -0.25) is 10.5 Å². The molecule has 0 radical (unpaired) electrons. The first kappa shape index (κ1) is 14.0. The Balaban J connectivity index is 2.48. The monoisotopic (exact) mass is 328 g/mol. The number of nitrogens with two attached hydrogens (primary N) is 1. The Labute approximate surface area is 118 Å². The number of rotatable bonds is 4. The number of hydrogen-bond acceptors (Lipinski definition) is 4. The van der Waals surface area contributed by atoms with Gasteiger partial charge in [-0.15, -0.1) is 0 Å². The molecular formula is C12H14BrFN4O. The molecule has 0 saturated heterocycles. The third kappa shape index (κ3) is 2.63. The summed E-state index contributed by atoms with van der Waals surface area (Å²) in [5.74, 6) is 5.63. The molecule has 0 saturated carbocycles. The van der Waals surface area contributed by atoms with Crippen molar-refractivity contribution < 1.29 is 9.13 Å². The van der Waals surface area contributed by atoms with E-state index in [0.717, 1.165) is 10.2 Å². The maximum absolute atomic E-state index is 14.1. The standard InChI is InChI=1S/C12H14BrFN4O/c1-18-12(9(13)6-16-18)11(17-15)8-4-3-7(19-2)5-10(8)14/h3-6,11,17H,15H2,1-2H3. The highest BCUT2D eigenvalue weighted by atomic mass is 79.9. The summed E-state index contributed by atoms with van der Waals surface area (Å²) in [6.45, 7) is 0. The van der Waals surface area contributed by atoms with E-state index in [9.17, 15) is 4.39 Å². The zero-order valence-electron chi connectivity index (χ0n) is 10.5. The molecule has 0 aliphatic carbocycles. The summed E-state index contributed by atoms with van der Waals surface area (Å²) in [7, 11) is 3.26. The summed E-state index contributed by atoms with van der Waals surface area (Å²) in [5, 5.41) is 4.10. The topological polar surface area (TPSA) is 65.1 Å². The highest BCUT2D eigenvalue weighted by molar-refractivity contribution is 9.10. The largest absolute Gasteiger partial charge is 0.497 e. The number of hydrazine groups is 1. The van der Waals surface area contributed by atoms with Crippen molar-refractivity contribution in [3.8, 4) is 5.75 Å². The lowest BCUT2D eigenvalue weighted by Gasteiger charge is -2.18. The van der Waals surface area contributed by atoms with Crippen LogP contribution in [0.3, 0.4) is 0 Å². The molecule has 0 aliphatic rings. The number of ether oxygens (including phenoxy) is 1. The summed E-state index contributed by atoms with van der Waals surface area (Å²) >= 11 is 3.38. The summed E-state index contributed by atoms with van der Waals surface area (Å²) in [5.41, 5.74) is 3.77. The number of halogens is 2. The Morgan fingerprint density at radius 3 is 2.74 bits per heavy atom. The van der Waals surface area contributed by atoms with E-state index in [1.54, 1.807) is 30.1 Å². The fourth-order valence-corrected chi connectivity index (χ4v) is 2.51. The second-order valence-electron chi connectivity index (χ2n) is 3.99. The summed E-state index contributed by atoms with van der Waals surface area (Å²) in [6.07, 6.45) is 1.64. The Morgan fingerprint density at radius 1 is 1.53 bits per heavy atom. The number of benzene rings is 1. The molecular weight excluding hydrogens is 315 g/mol. The van der Waals surface area contributed by atoms with Gasteiger partial charge < -0.3 is 4.74 Å². The van der Waals surface area contributed by atoms with Crippen molar-refractivity contribution >= 4 is 15.9 Å². The van der Waals surface area contributed by atoms with Gasteiger partial charge in [0.15, 0.2) is 0 Å². The summed E-state index contributed by atoms with van der Waals surface area (Å²) in [6, 6.07) is 4.14. The number of methoxy groups -OCH3 is 1. The van der Waals surface area contributed by atoms with Crippen LogP contribution in [0.2, 0.25) is 0 Å². The lowest BCUT2D eigenvalue weighted by molar-refractivity contribution is 0.409. The smallest absolute Gasteiger partial charge is 0.132 e. The van der Waals surface area contributed by atoms with Gasteiger partial charge in [-0.25, -0.2) is 9.82 Å². The molecule has 0 fully saturated rings. The number of aryl methyl sites for hydroxylation is 1. The second-order valence-corrected chi connectivity index (χ2v) is 4.84. The minimum atomic E-state index is -0.507. The van der Waals surface area contributed by atoms with E-state index in [1.165, 1.54) is 13.2 Å². The number of nitrogens with zero attached hydrogens (tertiary/aromatic N) is 2. The zero-order chi connectivity index (χ0) is 14.0. The molecule has 0 aliphatic heterocycles. The number of nitrogens with one attached hydrogen (secondary N) is 1. The van der Waals surface area contributed by atoms with Crippen LogP contribution in [-0.4, -0.2) is 16.9 Å². The normalized spacial score (nSPS) is 12.5. The van der Waals surface area contributed by atoms with Crippen LogP contribution in [0.4, 0.5) is 4.39 Å². The van der Waals surface area contributed by atoms with E-state index in [0.29, 0.717) is 11.3 Å². The minimum absolute atomic E-state index is 0.393. The zero-order valence-corrected chi connectivity index (χ0v) is 12.1. The van der Waals surface area contributed by atoms with Gasteiger partial charge in [0.05, 0.1) is 29.5 Å². The van der Waals surface area contributed by atoms with E-state index in [2.05, 4.69) is 26.5 Å². The highest BCUT2D eigenvalue weighted by Gasteiger charge is 2.22. The van der Waals surface area contributed by atoms with E-state index in [-0.39, 0.29) is 0 Å². The predicted octanol–water partition coefficient (Wildman–Crippen LogP) is 1.88. The fourth-order valence-electron chi connectivity index (χ4n) is 1.93. The molecule has 2 aromatic rings. The van der Waals surface area contributed by atoms with Gasteiger partial charge in [-0.2, -0.15) is 5.10 Å². The quantitative estimate of drug-likeness (QED) is 0.664. The van der Waals surface area contributed by atoms with Crippen LogP contribution >= 0.6 is 15.9 Å². The molecule has 1 heterocycles. The molecule has 1 aromatic heterocycles. The van der Waals surface area contributed by atoms with Crippen molar-refractivity contribution in [1.29, 1.82) is 0 Å². The maximum Gasteiger partial charge on any atom is 0.132 e. The second kappa shape index (κ2) is 5.68. The first-order valence-electron chi connectivity index (χ1n) is 5.55. The van der Waals surface area contributed by atoms with Crippen LogP contribution in [0.25, 0.3) is 0 Å². The number of aromatic nitrogens is 2. The summed E-state index contributed by atoms with van der Waals surface area (Å²) in [4.78, 5) is 0. The third-order valence-electron chi connectivity index (χ3n) is 2.90. The lowest BCUT2D eigenvalue weighted by Crippen LogP contribution is -2.31. The Bertz CT molecular complexity index is 568. The van der Waals surface area contributed by atoms with Gasteiger partial charge in [-0.05, 0) is 22.0 Å². The highest BCUT2D eigenvalue weighted by Crippen LogP contribution is 2.30. The van der Waals surface area contributed by atoms with Crippen molar-refractivity contribution in [2.45, 2.75) is 6.04 Å². The van der Waals surface area contributed by atoms with Crippen LogP contribution in [0.5, 0.6) is 5.75 Å². The minimum Gasteiger partial charge on any atom is -0.497 e. The molecule has 5 nitrogen and oxygen atoms in total. The molecule has 0 bridgehead atoms. The van der Waals surface area contributed by atoms with Gasteiger partial charge >= 0.3 is 0 Å². The molecule has 2 rings (SSSR count). The molecule has 0 spiro atoms. The van der Waals surface area contributed by atoms with Crippen molar-refractivity contribution in [3.05, 3.63) is 45.9 Å². The van der Waals surface area contributed by atoms with E-state index >= 15 is 0 Å². The van der Waals surface area contributed by atoms with E-state index in [4.69, 9.17) is 10.6 Å². The van der Waals surface area contributed by atoms with Crippen molar-refractivity contribution in [1.82, 2.24) is 15.2 Å². The molecule has 1 unspecified atom stereocenters. The van der Waals surface area contributed by atoms with Gasteiger partial charge in [0.1, 0.15) is 11.6 Å². The molecule has 0 amide bonds. The molecule has 1 atom stereocenters. The van der Waals surface area contributed by atoms with Crippen LogP contribution in [0, 0.1) is 5.82 Å². The first-order chi connectivity index (χ1) is 9.08. The third-order valence-corrected chi connectivity index (χ3v) is 3.51. The van der Waals surface area contributed by atoms with Crippen molar-refractivity contribution in [2.75, 3.05) is 7.11 Å². The van der Waals surface area contributed by atoms with Crippen molar-refractivity contribution in [3.63, 3.8) is 0 Å². The van der Waals surface area contributed by atoms with Crippen molar-refractivity contribution in [2.24, 2.45) is 12.9 Å². The van der Waals surface area contributed by atoms with E-state index in [1.807, 2.05) is 0 Å². The average Bonchev–Trinajstić information content (AvgIpc) is 2.73. The van der Waals surface area contributed by atoms with Gasteiger partial charge in [0.25, 0.3) is 0 Å². The van der Waals surface area contributed by atoms with Crippen LogP contribution in [0.1, 0.15) is 17.3 Å². The Kier molecular flexibility index (Phi) is 4.18. The Hall–Kier alpha value is -1.44. The molecule has 19 heavy (non-hydrogen) atoms. The SMILES string of the molecule is COc1ccc(C(NN)c2c(Br)cnn2C)c(F)c1. The number of hydrogen-bond donors (Lipinski definition) is 2. The Morgan fingerprint density at radius 2 is 2.26 bits per heavy atom. The fraction of sp³-hybridized carbons (Fsp3) is 0.250. The van der Waals surface area contributed by atoms with Crippen LogP contribution < -0.4 is 16.0 Å². The maximum atomic E-state index is 14.1. The lowest BCUT2D eigenvalue weighted by atomic mass is 10.0. The molecule has 7 heteroatoms. The van der Waals surface area contributed by atoms with Crippen LogP contribution in [0.15, 0.2) is 28.9 Å².